The van der Waals surface area contributed by atoms with Gasteiger partial charge in [0.1, 0.15) is 9.92 Å². The highest BCUT2D eigenvalue weighted by Gasteiger charge is 2.22. The van der Waals surface area contributed by atoms with Gasteiger partial charge in [0.15, 0.2) is 5.82 Å². The first-order valence-electron chi connectivity index (χ1n) is 5.89. The summed E-state index contributed by atoms with van der Waals surface area (Å²) in [6.45, 7) is 0. The van der Waals surface area contributed by atoms with Crippen LogP contribution in [0.1, 0.15) is 0 Å². The molecule has 22 heavy (non-hydrogen) atoms. The van der Waals surface area contributed by atoms with Crippen molar-refractivity contribution in [2.75, 3.05) is 19.4 Å². The molecular formula is C12H11Cl3N4O2S. The molecule has 0 fully saturated rings. The van der Waals surface area contributed by atoms with E-state index in [-0.39, 0.29) is 31.7 Å². The maximum Gasteiger partial charge on any atom is 0.244 e. The normalized spacial score (nSPS) is 11.7. The third-order valence-corrected chi connectivity index (χ3v) is 5.22. The number of hydrogen-bond donors (Lipinski definition) is 1. The van der Waals surface area contributed by atoms with Crippen molar-refractivity contribution in [2.24, 2.45) is 0 Å². The first-order chi connectivity index (χ1) is 10.2. The first-order valence-corrected chi connectivity index (χ1v) is 8.46. The van der Waals surface area contributed by atoms with Crippen LogP contribution in [0.15, 0.2) is 29.3 Å². The maximum absolute atomic E-state index is 12.4. The molecule has 0 saturated heterocycles. The Balaban J connectivity index is 2.55. The van der Waals surface area contributed by atoms with Gasteiger partial charge in [-0.25, -0.2) is 17.7 Å². The van der Waals surface area contributed by atoms with E-state index in [0.29, 0.717) is 0 Å². The number of halogens is 3. The minimum Gasteiger partial charge on any atom is -0.338 e. The fraction of sp³-hybridized carbons (Fsp3) is 0.167. The fourth-order valence-electron chi connectivity index (χ4n) is 1.57. The summed E-state index contributed by atoms with van der Waals surface area (Å²) in [7, 11) is -0.856. The summed E-state index contributed by atoms with van der Waals surface area (Å²) in [6.07, 6.45) is 1.31. The Morgan fingerprint density at radius 1 is 1.18 bits per heavy atom. The van der Waals surface area contributed by atoms with Gasteiger partial charge in [0.25, 0.3) is 0 Å². The summed E-state index contributed by atoms with van der Waals surface area (Å²) in [5.41, 5.74) is 0.273. The zero-order valence-corrected chi connectivity index (χ0v) is 14.6. The molecule has 0 saturated carbocycles. The van der Waals surface area contributed by atoms with Gasteiger partial charge in [0, 0.05) is 19.1 Å². The number of hydrogen-bond acceptors (Lipinski definition) is 5. The van der Waals surface area contributed by atoms with Crippen LogP contribution in [0.4, 0.5) is 11.5 Å². The van der Waals surface area contributed by atoms with Crippen LogP contribution >= 0.6 is 34.8 Å². The zero-order chi connectivity index (χ0) is 16.5. The van der Waals surface area contributed by atoms with E-state index in [1.54, 1.807) is 6.07 Å². The quantitative estimate of drug-likeness (QED) is 0.821. The fourth-order valence-corrected chi connectivity index (χ4v) is 3.15. The summed E-state index contributed by atoms with van der Waals surface area (Å²) in [5, 5.41) is 3.31. The lowest BCUT2D eigenvalue weighted by Gasteiger charge is -2.16. The predicted octanol–water partition coefficient (Wildman–Crippen LogP) is 3.43. The van der Waals surface area contributed by atoms with Gasteiger partial charge in [-0.1, -0.05) is 23.2 Å². The summed E-state index contributed by atoms with van der Waals surface area (Å²) < 4.78 is 25.8. The third kappa shape index (κ3) is 3.61. The highest BCUT2D eigenvalue weighted by Crippen LogP contribution is 2.31. The first kappa shape index (κ1) is 17.2. The molecule has 0 atom stereocenters. The molecule has 0 aliphatic carbocycles. The van der Waals surface area contributed by atoms with Gasteiger partial charge in [-0.3, -0.25) is 0 Å². The molecule has 118 valence electrons. The van der Waals surface area contributed by atoms with E-state index in [9.17, 15) is 8.42 Å². The van der Waals surface area contributed by atoms with Gasteiger partial charge < -0.3 is 5.32 Å². The number of nitrogens with one attached hydrogen (secondary N) is 1. The molecule has 0 aliphatic heterocycles. The monoisotopic (exact) mass is 380 g/mol. The largest absolute Gasteiger partial charge is 0.338 e. The number of aromatic nitrogens is 2. The minimum absolute atomic E-state index is 0.00389. The Bertz CT molecular complexity index is 812. The lowest BCUT2D eigenvalue weighted by molar-refractivity contribution is 0.521. The average molecular weight is 382 g/mol. The average Bonchev–Trinajstić information content (AvgIpc) is 2.44. The topological polar surface area (TPSA) is 75.2 Å². The van der Waals surface area contributed by atoms with Gasteiger partial charge >= 0.3 is 0 Å². The number of sulfonamides is 1. The van der Waals surface area contributed by atoms with Crippen molar-refractivity contribution >= 4 is 56.3 Å². The molecule has 0 bridgehead atoms. The molecule has 0 spiro atoms. The predicted molar refractivity (Wildman–Crippen MR) is 87.7 cm³/mol. The van der Waals surface area contributed by atoms with Crippen molar-refractivity contribution < 1.29 is 8.42 Å². The SMILES string of the molecule is CN(C)S(=O)(=O)c1cc(Cl)ccc1Nc1nc(Cl)ncc1Cl. The van der Waals surface area contributed by atoms with Gasteiger partial charge in [-0.2, -0.15) is 4.98 Å². The summed E-state index contributed by atoms with van der Waals surface area (Å²) in [4.78, 5) is 7.65. The Morgan fingerprint density at radius 2 is 1.86 bits per heavy atom. The molecule has 0 amide bonds. The van der Waals surface area contributed by atoms with Crippen LogP contribution < -0.4 is 5.32 Å². The van der Waals surface area contributed by atoms with Crippen LogP contribution in [-0.4, -0.2) is 36.8 Å². The van der Waals surface area contributed by atoms with E-state index in [1.807, 2.05) is 0 Å². The Kier molecular flexibility index (Phi) is 5.14. The molecule has 0 aliphatic rings. The van der Waals surface area contributed by atoms with Crippen molar-refractivity contribution in [3.05, 3.63) is 39.7 Å². The van der Waals surface area contributed by atoms with Crippen LogP contribution in [0.3, 0.4) is 0 Å². The number of rotatable bonds is 4. The number of anilines is 2. The minimum atomic E-state index is -3.71. The highest BCUT2D eigenvalue weighted by atomic mass is 35.5. The second kappa shape index (κ2) is 6.55. The van der Waals surface area contributed by atoms with Gasteiger partial charge in [-0.05, 0) is 29.8 Å². The molecule has 1 heterocycles. The van der Waals surface area contributed by atoms with Crippen LogP contribution in [0, 0.1) is 0 Å². The van der Waals surface area contributed by atoms with E-state index in [0.717, 1.165) is 4.31 Å². The Labute approximate surface area is 143 Å². The van der Waals surface area contributed by atoms with Gasteiger partial charge in [0.2, 0.25) is 15.3 Å². The number of nitrogens with zero attached hydrogens (tertiary/aromatic N) is 3. The van der Waals surface area contributed by atoms with Crippen molar-refractivity contribution in [1.29, 1.82) is 0 Å². The van der Waals surface area contributed by atoms with Crippen LogP contribution in [0.2, 0.25) is 15.3 Å². The zero-order valence-electron chi connectivity index (χ0n) is 11.5. The second-order valence-electron chi connectivity index (χ2n) is 4.39. The summed E-state index contributed by atoms with van der Waals surface area (Å²) >= 11 is 17.6. The lowest BCUT2D eigenvalue weighted by atomic mass is 10.3. The maximum atomic E-state index is 12.4. The summed E-state index contributed by atoms with van der Waals surface area (Å²) in [6, 6.07) is 4.41. The smallest absolute Gasteiger partial charge is 0.244 e. The van der Waals surface area contributed by atoms with E-state index in [4.69, 9.17) is 34.8 Å². The van der Waals surface area contributed by atoms with E-state index >= 15 is 0 Å². The molecule has 2 aromatic rings. The van der Waals surface area contributed by atoms with Crippen LogP contribution in [0.25, 0.3) is 0 Å². The lowest BCUT2D eigenvalue weighted by Crippen LogP contribution is -2.23. The van der Waals surface area contributed by atoms with Crippen molar-refractivity contribution in [3.8, 4) is 0 Å². The van der Waals surface area contributed by atoms with E-state index < -0.39 is 10.0 Å². The van der Waals surface area contributed by atoms with Gasteiger partial charge in [0.05, 0.1) is 11.9 Å². The molecular weight excluding hydrogens is 371 g/mol. The van der Waals surface area contributed by atoms with Crippen LogP contribution in [-0.2, 0) is 10.0 Å². The van der Waals surface area contributed by atoms with Crippen LogP contribution in [0.5, 0.6) is 0 Å². The molecule has 10 heteroatoms. The van der Waals surface area contributed by atoms with Crippen molar-refractivity contribution in [2.45, 2.75) is 4.90 Å². The van der Waals surface area contributed by atoms with Crippen molar-refractivity contribution in [3.63, 3.8) is 0 Å². The standard InChI is InChI=1S/C12H11Cl3N4O2S/c1-19(2)22(20,21)10-5-7(13)3-4-9(10)17-11-8(14)6-16-12(15)18-11/h3-6H,1-2H3,(H,16,17,18). The molecule has 1 aromatic carbocycles. The molecule has 1 N–H and O–H groups in total. The third-order valence-electron chi connectivity index (χ3n) is 2.67. The molecule has 0 radical (unpaired) electrons. The molecule has 0 unspecified atom stereocenters. The van der Waals surface area contributed by atoms with Gasteiger partial charge in [-0.15, -0.1) is 0 Å². The highest BCUT2D eigenvalue weighted by molar-refractivity contribution is 7.89. The van der Waals surface area contributed by atoms with E-state index in [1.165, 1.54) is 32.4 Å². The Hall–Kier alpha value is -1.12. The second-order valence-corrected chi connectivity index (χ2v) is 7.69. The summed E-state index contributed by atoms with van der Waals surface area (Å²) in [5.74, 6) is 0.194. The molecule has 2 rings (SSSR count). The Morgan fingerprint density at radius 3 is 2.50 bits per heavy atom. The molecule has 1 aromatic heterocycles. The van der Waals surface area contributed by atoms with Crippen molar-refractivity contribution in [1.82, 2.24) is 14.3 Å². The number of benzene rings is 1. The molecule has 6 nitrogen and oxygen atoms in total. The van der Waals surface area contributed by atoms with E-state index in [2.05, 4.69) is 15.3 Å².